The molecule has 1 heterocycles. The maximum absolute atomic E-state index is 13.2. The molecule has 1 aliphatic heterocycles. The van der Waals surface area contributed by atoms with Crippen LogP contribution in [0.2, 0.25) is 0 Å². The maximum Gasteiger partial charge on any atom is 0.443 e. The molecular weight excluding hydrogens is 349 g/mol. The zero-order valence-corrected chi connectivity index (χ0v) is 14.3. The lowest BCUT2D eigenvalue weighted by atomic mass is 10.0. The van der Waals surface area contributed by atoms with Crippen molar-refractivity contribution >= 4 is 11.8 Å². The quantitative estimate of drug-likeness (QED) is 0.820. The van der Waals surface area contributed by atoms with Gasteiger partial charge in [0.2, 0.25) is 0 Å². The van der Waals surface area contributed by atoms with E-state index in [1.54, 1.807) is 0 Å². The molecule has 0 amide bonds. The van der Waals surface area contributed by atoms with Crippen molar-refractivity contribution in [2.75, 3.05) is 0 Å². The SMILES string of the molecule is OC1(C(F)(F)F)CC(Sc2ccccc2)C(CCc2ccccc2)O1. The van der Waals surface area contributed by atoms with E-state index in [1.807, 2.05) is 60.7 Å². The van der Waals surface area contributed by atoms with Crippen molar-refractivity contribution in [1.82, 2.24) is 0 Å². The summed E-state index contributed by atoms with van der Waals surface area (Å²) in [6.45, 7) is 0. The molecule has 0 radical (unpaired) electrons. The summed E-state index contributed by atoms with van der Waals surface area (Å²) >= 11 is 1.33. The van der Waals surface area contributed by atoms with Crippen LogP contribution in [0.4, 0.5) is 13.2 Å². The Bertz CT molecular complexity index is 678. The van der Waals surface area contributed by atoms with E-state index in [2.05, 4.69) is 0 Å². The smallest absolute Gasteiger partial charge is 0.358 e. The Morgan fingerprint density at radius 1 is 1.04 bits per heavy atom. The number of hydrogen-bond acceptors (Lipinski definition) is 3. The van der Waals surface area contributed by atoms with Crippen LogP contribution >= 0.6 is 11.8 Å². The normalized spacial score (nSPS) is 26.7. The highest BCUT2D eigenvalue weighted by Gasteiger charge is 2.62. The molecule has 6 heteroatoms. The summed E-state index contributed by atoms with van der Waals surface area (Å²) in [6, 6.07) is 18.8. The van der Waals surface area contributed by atoms with Gasteiger partial charge in [0.25, 0.3) is 5.79 Å². The molecule has 0 aromatic heterocycles. The predicted octanol–water partition coefficient (Wildman–Crippen LogP) is 4.82. The summed E-state index contributed by atoms with van der Waals surface area (Å²) in [4.78, 5) is 0.868. The summed E-state index contributed by atoms with van der Waals surface area (Å²) in [5.74, 6) is -3.07. The molecule has 0 bridgehead atoms. The number of thioether (sulfide) groups is 1. The zero-order chi connectivity index (χ0) is 17.9. The molecule has 25 heavy (non-hydrogen) atoms. The van der Waals surface area contributed by atoms with E-state index in [1.165, 1.54) is 11.8 Å². The summed E-state index contributed by atoms with van der Waals surface area (Å²) in [5, 5.41) is 9.52. The highest BCUT2D eigenvalue weighted by molar-refractivity contribution is 8.00. The Hall–Kier alpha value is -1.50. The molecule has 1 saturated heterocycles. The molecule has 1 aliphatic rings. The van der Waals surface area contributed by atoms with Gasteiger partial charge in [0, 0.05) is 16.6 Å². The lowest BCUT2D eigenvalue weighted by Gasteiger charge is -2.25. The Morgan fingerprint density at radius 2 is 1.64 bits per heavy atom. The Kier molecular flexibility index (Phi) is 5.41. The molecular formula is C19H19F3O2S. The molecule has 1 fully saturated rings. The van der Waals surface area contributed by atoms with E-state index >= 15 is 0 Å². The van der Waals surface area contributed by atoms with Crippen LogP contribution in [0.25, 0.3) is 0 Å². The number of alkyl halides is 3. The molecule has 0 aliphatic carbocycles. The van der Waals surface area contributed by atoms with Crippen molar-refractivity contribution in [3.05, 3.63) is 66.2 Å². The second-order valence-corrected chi connectivity index (χ2v) is 7.45. The minimum atomic E-state index is -4.80. The molecule has 3 unspecified atom stereocenters. The van der Waals surface area contributed by atoms with Gasteiger partial charge in [-0.1, -0.05) is 48.5 Å². The topological polar surface area (TPSA) is 29.5 Å². The van der Waals surface area contributed by atoms with E-state index in [0.29, 0.717) is 12.8 Å². The van der Waals surface area contributed by atoms with Crippen molar-refractivity contribution in [3.8, 4) is 0 Å². The monoisotopic (exact) mass is 368 g/mol. The first-order valence-corrected chi connectivity index (χ1v) is 8.98. The number of halogens is 3. The Balaban J connectivity index is 1.74. The van der Waals surface area contributed by atoms with Gasteiger partial charge in [-0.25, -0.2) is 0 Å². The third-order valence-corrected chi connectivity index (χ3v) is 5.59. The van der Waals surface area contributed by atoms with Gasteiger partial charge in [-0.05, 0) is 30.5 Å². The first kappa shape index (κ1) is 18.3. The summed E-state index contributed by atoms with van der Waals surface area (Å²) in [5.41, 5.74) is 1.04. The minimum absolute atomic E-state index is 0.424. The lowest BCUT2D eigenvalue weighted by molar-refractivity contribution is -0.357. The Labute approximate surface area is 149 Å². The fourth-order valence-corrected chi connectivity index (χ4v) is 4.27. The fraction of sp³-hybridized carbons (Fsp3) is 0.368. The van der Waals surface area contributed by atoms with Crippen molar-refractivity contribution < 1.29 is 23.0 Å². The molecule has 3 atom stereocenters. The van der Waals surface area contributed by atoms with Gasteiger partial charge in [0.1, 0.15) is 0 Å². The van der Waals surface area contributed by atoms with Crippen molar-refractivity contribution in [3.63, 3.8) is 0 Å². The summed E-state index contributed by atoms with van der Waals surface area (Å²) < 4.78 is 44.8. The molecule has 134 valence electrons. The first-order valence-electron chi connectivity index (χ1n) is 8.10. The number of ether oxygens (including phenoxy) is 1. The van der Waals surface area contributed by atoms with Crippen LogP contribution in [0.3, 0.4) is 0 Å². The molecule has 3 rings (SSSR count). The van der Waals surface area contributed by atoms with E-state index in [4.69, 9.17) is 4.74 Å². The average Bonchev–Trinajstić information content (AvgIpc) is 2.92. The van der Waals surface area contributed by atoms with Gasteiger partial charge in [0.15, 0.2) is 0 Å². The highest BCUT2D eigenvalue weighted by Crippen LogP contribution is 2.47. The highest BCUT2D eigenvalue weighted by atomic mass is 32.2. The first-order chi connectivity index (χ1) is 11.9. The maximum atomic E-state index is 13.2. The third-order valence-electron chi connectivity index (χ3n) is 4.27. The summed E-state index contributed by atoms with van der Waals surface area (Å²) in [6.07, 6.45) is -4.91. The second-order valence-electron chi connectivity index (χ2n) is 6.14. The molecule has 1 N–H and O–H groups in total. The zero-order valence-electron chi connectivity index (χ0n) is 13.4. The van der Waals surface area contributed by atoms with Crippen LogP contribution in [-0.2, 0) is 11.2 Å². The molecule has 2 aromatic carbocycles. The number of aliphatic hydroxyl groups is 1. The number of rotatable bonds is 5. The summed E-state index contributed by atoms with van der Waals surface area (Å²) in [7, 11) is 0. The number of benzene rings is 2. The lowest BCUT2D eigenvalue weighted by Crippen LogP contribution is -2.45. The van der Waals surface area contributed by atoms with Crippen molar-refractivity contribution in [2.45, 2.75) is 47.5 Å². The van der Waals surface area contributed by atoms with Crippen molar-refractivity contribution in [1.29, 1.82) is 0 Å². The number of aryl methyl sites for hydroxylation is 1. The van der Waals surface area contributed by atoms with Gasteiger partial charge in [-0.15, -0.1) is 11.8 Å². The van der Waals surface area contributed by atoms with Crippen LogP contribution in [0.1, 0.15) is 18.4 Å². The van der Waals surface area contributed by atoms with Crippen LogP contribution in [0.5, 0.6) is 0 Å². The van der Waals surface area contributed by atoms with E-state index < -0.39 is 29.7 Å². The average molecular weight is 368 g/mol. The van der Waals surface area contributed by atoms with Gasteiger partial charge < -0.3 is 9.84 Å². The van der Waals surface area contributed by atoms with E-state index in [0.717, 1.165) is 10.5 Å². The van der Waals surface area contributed by atoms with Gasteiger partial charge in [0.05, 0.1) is 6.10 Å². The van der Waals surface area contributed by atoms with Gasteiger partial charge in [-0.2, -0.15) is 13.2 Å². The van der Waals surface area contributed by atoms with Crippen LogP contribution in [-0.4, -0.2) is 28.4 Å². The Morgan fingerprint density at radius 3 is 2.24 bits per heavy atom. The van der Waals surface area contributed by atoms with E-state index in [-0.39, 0.29) is 0 Å². The third kappa shape index (κ3) is 4.37. The molecule has 0 spiro atoms. The second kappa shape index (κ2) is 7.40. The molecule has 0 saturated carbocycles. The molecule has 2 nitrogen and oxygen atoms in total. The van der Waals surface area contributed by atoms with Gasteiger partial charge in [-0.3, -0.25) is 0 Å². The van der Waals surface area contributed by atoms with Crippen molar-refractivity contribution in [2.24, 2.45) is 0 Å². The predicted molar refractivity (Wildman–Crippen MR) is 91.3 cm³/mol. The largest absolute Gasteiger partial charge is 0.443 e. The van der Waals surface area contributed by atoms with E-state index in [9.17, 15) is 18.3 Å². The minimum Gasteiger partial charge on any atom is -0.358 e. The standard InChI is InChI=1S/C19H19F3O2S/c20-19(21,22)18(23)13-17(25-15-9-5-2-6-10-15)16(24-18)12-11-14-7-3-1-4-8-14/h1-10,16-17,23H,11-13H2. The van der Waals surface area contributed by atoms with Crippen LogP contribution in [0, 0.1) is 0 Å². The van der Waals surface area contributed by atoms with Crippen LogP contribution < -0.4 is 0 Å². The molecule has 2 aromatic rings. The van der Waals surface area contributed by atoms with Crippen LogP contribution in [0.15, 0.2) is 65.6 Å². The number of hydrogen-bond donors (Lipinski definition) is 1. The fourth-order valence-electron chi connectivity index (χ4n) is 2.95. The van der Waals surface area contributed by atoms with Gasteiger partial charge >= 0.3 is 6.18 Å².